The number of thiocarbonyl (C=S) groups is 1. The standard InChI is InChI=1S/C20H30N4O3S/c1-4-26-18-12-15(10-11-17(18)27-14-19(25)24(2)3)13-21-23-20(28)22-16-8-6-5-7-9-16/h10-13,16H,4-9,14H2,1-3H3,(H2,22,23,28). The van der Waals surface area contributed by atoms with Crippen LogP contribution in [0.2, 0.25) is 0 Å². The molecule has 28 heavy (non-hydrogen) atoms. The molecule has 0 bridgehead atoms. The van der Waals surface area contributed by atoms with E-state index in [9.17, 15) is 4.79 Å². The number of amides is 1. The lowest BCUT2D eigenvalue weighted by molar-refractivity contribution is -0.130. The monoisotopic (exact) mass is 406 g/mol. The van der Waals surface area contributed by atoms with Gasteiger partial charge in [-0.15, -0.1) is 0 Å². The molecule has 1 aliphatic rings. The fourth-order valence-corrected chi connectivity index (χ4v) is 3.11. The summed E-state index contributed by atoms with van der Waals surface area (Å²) >= 11 is 5.30. The first-order valence-electron chi connectivity index (χ1n) is 9.69. The lowest BCUT2D eigenvalue weighted by atomic mass is 9.96. The lowest BCUT2D eigenvalue weighted by Gasteiger charge is -2.23. The van der Waals surface area contributed by atoms with Crippen LogP contribution in [0.4, 0.5) is 0 Å². The molecule has 0 heterocycles. The maximum Gasteiger partial charge on any atom is 0.259 e. The molecule has 1 amide bonds. The van der Waals surface area contributed by atoms with Crippen LogP contribution in [0.25, 0.3) is 0 Å². The van der Waals surface area contributed by atoms with Crippen molar-refractivity contribution in [2.75, 3.05) is 27.3 Å². The van der Waals surface area contributed by atoms with Crippen molar-refractivity contribution in [1.29, 1.82) is 0 Å². The van der Waals surface area contributed by atoms with Crippen LogP contribution in [0.15, 0.2) is 23.3 Å². The molecular weight excluding hydrogens is 376 g/mol. The van der Waals surface area contributed by atoms with E-state index in [0.29, 0.717) is 29.3 Å². The number of nitrogens with zero attached hydrogens (tertiary/aromatic N) is 2. The van der Waals surface area contributed by atoms with Crippen molar-refractivity contribution < 1.29 is 14.3 Å². The van der Waals surface area contributed by atoms with E-state index >= 15 is 0 Å². The molecular formula is C20H30N4O3S. The number of carbonyl (C=O) groups is 1. The third kappa shape index (κ3) is 7.34. The fourth-order valence-electron chi connectivity index (χ4n) is 2.89. The zero-order valence-electron chi connectivity index (χ0n) is 16.9. The summed E-state index contributed by atoms with van der Waals surface area (Å²) in [6, 6.07) is 5.88. The minimum atomic E-state index is -0.115. The number of hydrazone groups is 1. The third-order valence-corrected chi connectivity index (χ3v) is 4.65. The lowest BCUT2D eigenvalue weighted by Crippen LogP contribution is -2.40. The maximum atomic E-state index is 11.7. The molecule has 1 aliphatic carbocycles. The average Bonchev–Trinajstić information content (AvgIpc) is 2.68. The van der Waals surface area contributed by atoms with E-state index in [1.807, 2.05) is 19.1 Å². The molecule has 1 saturated carbocycles. The summed E-state index contributed by atoms with van der Waals surface area (Å²) in [5, 5.41) is 8.05. The van der Waals surface area contributed by atoms with Gasteiger partial charge in [0, 0.05) is 20.1 Å². The minimum absolute atomic E-state index is 0.0385. The zero-order chi connectivity index (χ0) is 20.4. The first-order chi connectivity index (χ1) is 13.5. The number of rotatable bonds is 8. The van der Waals surface area contributed by atoms with Crippen molar-refractivity contribution in [3.8, 4) is 11.5 Å². The summed E-state index contributed by atoms with van der Waals surface area (Å²) in [5.41, 5.74) is 3.70. The van der Waals surface area contributed by atoms with Crippen LogP contribution < -0.4 is 20.2 Å². The van der Waals surface area contributed by atoms with Gasteiger partial charge in [-0.3, -0.25) is 10.2 Å². The largest absolute Gasteiger partial charge is 0.490 e. The number of ether oxygens (including phenoxy) is 2. The molecule has 2 N–H and O–H groups in total. The number of nitrogens with one attached hydrogen (secondary N) is 2. The highest BCUT2D eigenvalue weighted by atomic mass is 32.1. The predicted molar refractivity (Wildman–Crippen MR) is 115 cm³/mol. The SMILES string of the molecule is CCOc1cc(C=NNC(=S)NC2CCCCC2)ccc1OCC(=O)N(C)C. The topological polar surface area (TPSA) is 75.2 Å². The molecule has 8 heteroatoms. The van der Waals surface area contributed by atoms with Gasteiger partial charge in [-0.1, -0.05) is 19.3 Å². The summed E-state index contributed by atoms with van der Waals surface area (Å²) < 4.78 is 11.2. The second-order valence-corrected chi connectivity index (χ2v) is 7.30. The third-order valence-electron chi connectivity index (χ3n) is 4.44. The van der Waals surface area contributed by atoms with E-state index in [1.165, 1.54) is 24.2 Å². The maximum absolute atomic E-state index is 11.7. The Balaban J connectivity index is 1.91. The Hall–Kier alpha value is -2.35. The molecule has 154 valence electrons. The molecule has 1 aromatic carbocycles. The van der Waals surface area contributed by atoms with E-state index in [-0.39, 0.29) is 12.5 Å². The Morgan fingerprint density at radius 2 is 2.00 bits per heavy atom. The Morgan fingerprint density at radius 3 is 2.68 bits per heavy atom. The molecule has 1 aromatic rings. The smallest absolute Gasteiger partial charge is 0.259 e. The van der Waals surface area contributed by atoms with Gasteiger partial charge in [-0.2, -0.15) is 5.10 Å². The molecule has 7 nitrogen and oxygen atoms in total. The second kappa shape index (κ2) is 11.5. The van der Waals surface area contributed by atoms with Gasteiger partial charge in [0.2, 0.25) is 0 Å². The van der Waals surface area contributed by atoms with Crippen LogP contribution in [0.1, 0.15) is 44.6 Å². The van der Waals surface area contributed by atoms with Crippen molar-refractivity contribution >= 4 is 29.5 Å². The quantitative estimate of drug-likeness (QED) is 0.393. The van der Waals surface area contributed by atoms with Crippen molar-refractivity contribution in [2.45, 2.75) is 45.1 Å². The summed E-state index contributed by atoms with van der Waals surface area (Å²) in [4.78, 5) is 13.2. The molecule has 2 rings (SSSR count). The Bertz CT molecular complexity index is 688. The normalized spacial score (nSPS) is 14.5. The van der Waals surface area contributed by atoms with Gasteiger partial charge in [-0.25, -0.2) is 0 Å². The second-order valence-electron chi connectivity index (χ2n) is 6.89. The van der Waals surface area contributed by atoms with Gasteiger partial charge in [0.1, 0.15) is 0 Å². The zero-order valence-corrected chi connectivity index (χ0v) is 17.7. The summed E-state index contributed by atoms with van der Waals surface area (Å²) in [6.45, 7) is 2.35. The highest BCUT2D eigenvalue weighted by Crippen LogP contribution is 2.28. The molecule has 0 atom stereocenters. The molecule has 0 saturated heterocycles. The van der Waals surface area contributed by atoms with Gasteiger partial charge in [0.25, 0.3) is 5.91 Å². The molecule has 0 radical (unpaired) electrons. The Labute approximate surface area is 172 Å². The summed E-state index contributed by atoms with van der Waals surface area (Å²) in [7, 11) is 3.38. The molecule has 0 aromatic heterocycles. The number of hydrogen-bond donors (Lipinski definition) is 2. The van der Waals surface area contributed by atoms with E-state index < -0.39 is 0 Å². The van der Waals surface area contributed by atoms with E-state index in [1.54, 1.807) is 26.4 Å². The first-order valence-corrected chi connectivity index (χ1v) is 10.1. The van der Waals surface area contributed by atoms with Crippen molar-refractivity contribution in [2.24, 2.45) is 5.10 Å². The number of hydrogen-bond acceptors (Lipinski definition) is 5. The molecule has 0 aliphatic heterocycles. The van der Waals surface area contributed by atoms with Gasteiger partial charge >= 0.3 is 0 Å². The molecule has 1 fully saturated rings. The minimum Gasteiger partial charge on any atom is -0.490 e. The van der Waals surface area contributed by atoms with Gasteiger partial charge in [0.05, 0.1) is 12.8 Å². The number of likely N-dealkylation sites (N-methyl/N-ethyl adjacent to an activating group) is 1. The Morgan fingerprint density at radius 1 is 1.25 bits per heavy atom. The van der Waals surface area contributed by atoms with Crippen LogP contribution in [0.3, 0.4) is 0 Å². The highest BCUT2D eigenvalue weighted by Gasteiger charge is 2.13. The van der Waals surface area contributed by atoms with E-state index in [2.05, 4.69) is 15.8 Å². The van der Waals surface area contributed by atoms with Gasteiger partial charge in [0.15, 0.2) is 23.2 Å². The van der Waals surface area contributed by atoms with Crippen LogP contribution in [-0.4, -0.2) is 55.5 Å². The highest BCUT2D eigenvalue weighted by molar-refractivity contribution is 7.80. The van der Waals surface area contributed by atoms with Crippen molar-refractivity contribution in [3.63, 3.8) is 0 Å². The fraction of sp³-hybridized carbons (Fsp3) is 0.550. The van der Waals surface area contributed by atoms with E-state index in [0.717, 1.165) is 18.4 Å². The average molecular weight is 407 g/mol. The van der Waals surface area contributed by atoms with Gasteiger partial charge < -0.3 is 19.7 Å². The summed E-state index contributed by atoms with van der Waals surface area (Å²) in [6.07, 6.45) is 7.78. The van der Waals surface area contributed by atoms with E-state index in [4.69, 9.17) is 21.7 Å². The Kier molecular flexibility index (Phi) is 9.00. The molecule has 0 spiro atoms. The van der Waals surface area contributed by atoms with Crippen molar-refractivity contribution in [1.82, 2.24) is 15.6 Å². The van der Waals surface area contributed by atoms with Gasteiger partial charge in [-0.05, 0) is 55.7 Å². The first kappa shape index (κ1) is 21.9. The van der Waals surface area contributed by atoms with Crippen LogP contribution in [-0.2, 0) is 4.79 Å². The number of carbonyl (C=O) groups excluding carboxylic acids is 1. The summed E-state index contributed by atoms with van der Waals surface area (Å²) in [5.74, 6) is 0.980. The van der Waals surface area contributed by atoms with Crippen LogP contribution >= 0.6 is 12.2 Å². The van der Waals surface area contributed by atoms with Crippen LogP contribution in [0.5, 0.6) is 11.5 Å². The number of benzene rings is 1. The molecule has 0 unspecified atom stereocenters. The predicted octanol–water partition coefficient (Wildman–Crippen LogP) is 2.68. The van der Waals surface area contributed by atoms with Crippen molar-refractivity contribution in [3.05, 3.63) is 23.8 Å². The van der Waals surface area contributed by atoms with Crippen LogP contribution in [0, 0.1) is 0 Å².